The van der Waals surface area contributed by atoms with Crippen LogP contribution in [-0.2, 0) is 7.05 Å². The molecule has 0 saturated heterocycles. The molecule has 0 fully saturated rings. The number of aryl methyl sites for hydroxylation is 1. The molecule has 1 N–H and O–H groups in total. The molecule has 0 aromatic carbocycles. The van der Waals surface area contributed by atoms with E-state index in [4.69, 9.17) is 0 Å². The highest BCUT2D eigenvalue weighted by molar-refractivity contribution is 5.05. The van der Waals surface area contributed by atoms with Gasteiger partial charge in [-0.25, -0.2) is 0 Å². The van der Waals surface area contributed by atoms with Crippen LogP contribution >= 0.6 is 0 Å². The second-order valence-electron chi connectivity index (χ2n) is 4.77. The Morgan fingerprint density at radius 3 is 2.65 bits per heavy atom. The third-order valence-electron chi connectivity index (χ3n) is 3.08. The summed E-state index contributed by atoms with van der Waals surface area (Å²) in [4.78, 5) is 0. The van der Waals surface area contributed by atoms with Crippen molar-refractivity contribution in [2.75, 3.05) is 6.54 Å². The molecule has 1 rings (SSSR count). The Labute approximate surface area is 106 Å². The third kappa shape index (κ3) is 5.35. The van der Waals surface area contributed by atoms with E-state index in [9.17, 15) is 0 Å². The van der Waals surface area contributed by atoms with E-state index in [1.807, 2.05) is 17.9 Å². The Hall–Kier alpha value is -0.830. The molecule has 1 aromatic rings. The first kappa shape index (κ1) is 14.2. The van der Waals surface area contributed by atoms with Crippen LogP contribution in [0.5, 0.6) is 0 Å². The summed E-state index contributed by atoms with van der Waals surface area (Å²) >= 11 is 0. The molecule has 0 radical (unpaired) electrons. The molecule has 1 heterocycles. The van der Waals surface area contributed by atoms with Gasteiger partial charge < -0.3 is 5.32 Å². The van der Waals surface area contributed by atoms with Crippen molar-refractivity contribution in [1.82, 2.24) is 15.1 Å². The SMILES string of the molecule is CCCCCCC(NCCC)c1ccn(C)n1. The van der Waals surface area contributed by atoms with Gasteiger partial charge in [-0.15, -0.1) is 0 Å². The molecule has 1 atom stereocenters. The van der Waals surface area contributed by atoms with Crippen LogP contribution in [0.15, 0.2) is 12.3 Å². The van der Waals surface area contributed by atoms with Crippen molar-refractivity contribution in [3.05, 3.63) is 18.0 Å². The predicted molar refractivity (Wildman–Crippen MR) is 73.0 cm³/mol. The van der Waals surface area contributed by atoms with Crippen molar-refractivity contribution in [3.63, 3.8) is 0 Å². The lowest BCUT2D eigenvalue weighted by Crippen LogP contribution is -2.22. The second-order valence-corrected chi connectivity index (χ2v) is 4.77. The predicted octanol–water partition coefficient (Wildman–Crippen LogP) is 3.43. The Morgan fingerprint density at radius 2 is 2.06 bits per heavy atom. The number of nitrogens with zero attached hydrogens (tertiary/aromatic N) is 2. The first-order valence-corrected chi connectivity index (χ1v) is 7.00. The van der Waals surface area contributed by atoms with Gasteiger partial charge in [0.1, 0.15) is 0 Å². The van der Waals surface area contributed by atoms with Gasteiger partial charge in [0.25, 0.3) is 0 Å². The number of hydrogen-bond acceptors (Lipinski definition) is 2. The maximum atomic E-state index is 4.52. The quantitative estimate of drug-likeness (QED) is 0.667. The lowest BCUT2D eigenvalue weighted by atomic mass is 10.0. The van der Waals surface area contributed by atoms with Gasteiger partial charge in [0.2, 0.25) is 0 Å². The highest BCUT2D eigenvalue weighted by atomic mass is 15.3. The fourth-order valence-electron chi connectivity index (χ4n) is 2.07. The summed E-state index contributed by atoms with van der Waals surface area (Å²) in [5.74, 6) is 0. The minimum absolute atomic E-state index is 0.438. The maximum absolute atomic E-state index is 4.52. The molecule has 0 aliphatic carbocycles. The average Bonchev–Trinajstić information content (AvgIpc) is 2.75. The van der Waals surface area contributed by atoms with Crippen molar-refractivity contribution in [2.24, 2.45) is 7.05 Å². The Bertz CT molecular complexity index is 293. The summed E-state index contributed by atoms with van der Waals surface area (Å²) in [6.45, 7) is 5.54. The average molecular weight is 237 g/mol. The van der Waals surface area contributed by atoms with Gasteiger partial charge >= 0.3 is 0 Å². The monoisotopic (exact) mass is 237 g/mol. The molecule has 0 spiro atoms. The molecule has 1 aromatic heterocycles. The Morgan fingerprint density at radius 1 is 1.24 bits per heavy atom. The van der Waals surface area contributed by atoms with Crippen molar-refractivity contribution >= 4 is 0 Å². The largest absolute Gasteiger partial charge is 0.309 e. The van der Waals surface area contributed by atoms with Crippen molar-refractivity contribution in [3.8, 4) is 0 Å². The van der Waals surface area contributed by atoms with Crippen LogP contribution in [0.2, 0.25) is 0 Å². The van der Waals surface area contributed by atoms with Crippen LogP contribution < -0.4 is 5.32 Å². The van der Waals surface area contributed by atoms with E-state index < -0.39 is 0 Å². The highest BCUT2D eigenvalue weighted by Crippen LogP contribution is 2.18. The van der Waals surface area contributed by atoms with E-state index in [1.54, 1.807) is 0 Å². The number of rotatable bonds is 9. The van der Waals surface area contributed by atoms with Crippen LogP contribution in [0.3, 0.4) is 0 Å². The minimum Gasteiger partial charge on any atom is -0.309 e. The number of aromatic nitrogens is 2. The topological polar surface area (TPSA) is 29.9 Å². The summed E-state index contributed by atoms with van der Waals surface area (Å²) in [6.07, 6.45) is 9.70. The minimum atomic E-state index is 0.438. The van der Waals surface area contributed by atoms with Crippen molar-refractivity contribution in [2.45, 2.75) is 58.4 Å². The lowest BCUT2D eigenvalue weighted by molar-refractivity contribution is 0.458. The zero-order valence-corrected chi connectivity index (χ0v) is 11.6. The van der Waals surface area contributed by atoms with Crippen molar-refractivity contribution < 1.29 is 0 Å². The van der Waals surface area contributed by atoms with Crippen LogP contribution in [0.1, 0.15) is 64.1 Å². The van der Waals surface area contributed by atoms with E-state index in [1.165, 1.54) is 44.2 Å². The van der Waals surface area contributed by atoms with Gasteiger partial charge in [-0.1, -0.05) is 39.5 Å². The van der Waals surface area contributed by atoms with Gasteiger partial charge in [-0.2, -0.15) is 5.10 Å². The summed E-state index contributed by atoms with van der Waals surface area (Å²) in [5.41, 5.74) is 1.19. The van der Waals surface area contributed by atoms with E-state index in [0.717, 1.165) is 6.54 Å². The molecule has 3 nitrogen and oxygen atoms in total. The Balaban J connectivity index is 2.42. The van der Waals surface area contributed by atoms with Gasteiger partial charge in [-0.3, -0.25) is 4.68 Å². The molecule has 0 aliphatic rings. The standard InChI is InChI=1S/C14H27N3/c1-4-6-7-8-9-13(15-11-5-2)14-10-12-17(3)16-14/h10,12-13,15H,4-9,11H2,1-3H3. The van der Waals surface area contributed by atoms with Gasteiger partial charge in [0.15, 0.2) is 0 Å². The van der Waals surface area contributed by atoms with Gasteiger partial charge in [0, 0.05) is 13.2 Å². The summed E-state index contributed by atoms with van der Waals surface area (Å²) in [5, 5.41) is 8.12. The molecule has 0 aliphatic heterocycles. The smallest absolute Gasteiger partial charge is 0.0793 e. The Kier molecular flexibility index (Phi) is 6.94. The summed E-state index contributed by atoms with van der Waals surface area (Å²) in [6, 6.07) is 2.57. The lowest BCUT2D eigenvalue weighted by Gasteiger charge is -2.16. The van der Waals surface area contributed by atoms with E-state index >= 15 is 0 Å². The van der Waals surface area contributed by atoms with Crippen molar-refractivity contribution in [1.29, 1.82) is 0 Å². The zero-order chi connectivity index (χ0) is 12.5. The second kappa shape index (κ2) is 8.29. The zero-order valence-electron chi connectivity index (χ0n) is 11.6. The van der Waals surface area contributed by atoms with E-state index in [0.29, 0.717) is 6.04 Å². The molecule has 0 bridgehead atoms. The molecule has 1 unspecified atom stereocenters. The molecule has 0 amide bonds. The fraction of sp³-hybridized carbons (Fsp3) is 0.786. The van der Waals surface area contributed by atoms with E-state index in [2.05, 4.69) is 30.3 Å². The van der Waals surface area contributed by atoms with Crippen LogP contribution in [0.25, 0.3) is 0 Å². The first-order valence-electron chi connectivity index (χ1n) is 7.00. The molecular formula is C14H27N3. The summed E-state index contributed by atoms with van der Waals surface area (Å²) in [7, 11) is 1.98. The van der Waals surface area contributed by atoms with Gasteiger partial charge in [-0.05, 0) is 25.5 Å². The number of nitrogens with one attached hydrogen (secondary N) is 1. The molecule has 3 heteroatoms. The normalized spacial score (nSPS) is 12.9. The molecular weight excluding hydrogens is 210 g/mol. The van der Waals surface area contributed by atoms with E-state index in [-0.39, 0.29) is 0 Å². The number of hydrogen-bond donors (Lipinski definition) is 1. The molecule has 0 saturated carbocycles. The van der Waals surface area contributed by atoms with Crippen LogP contribution in [-0.4, -0.2) is 16.3 Å². The van der Waals surface area contributed by atoms with Gasteiger partial charge in [0.05, 0.1) is 11.7 Å². The third-order valence-corrected chi connectivity index (χ3v) is 3.08. The molecule has 98 valence electrons. The fourth-order valence-corrected chi connectivity index (χ4v) is 2.07. The van der Waals surface area contributed by atoms with Crippen LogP contribution in [0.4, 0.5) is 0 Å². The highest BCUT2D eigenvalue weighted by Gasteiger charge is 2.12. The first-order chi connectivity index (χ1) is 8.27. The van der Waals surface area contributed by atoms with Crippen LogP contribution in [0, 0.1) is 0 Å². The summed E-state index contributed by atoms with van der Waals surface area (Å²) < 4.78 is 1.89. The number of unbranched alkanes of at least 4 members (excludes halogenated alkanes) is 3. The maximum Gasteiger partial charge on any atom is 0.0793 e. The molecule has 17 heavy (non-hydrogen) atoms.